The second-order valence-corrected chi connectivity index (χ2v) is 2.27. The van der Waals surface area contributed by atoms with Crippen LogP contribution in [0.4, 0.5) is 0 Å². The van der Waals surface area contributed by atoms with Crippen LogP contribution in [0.3, 0.4) is 0 Å². The van der Waals surface area contributed by atoms with E-state index < -0.39 is 0 Å². The number of esters is 1. The van der Waals surface area contributed by atoms with Gasteiger partial charge in [-0.25, -0.2) is 0 Å². The summed E-state index contributed by atoms with van der Waals surface area (Å²) in [5.41, 5.74) is 0. The number of halogens is 1. The van der Waals surface area contributed by atoms with Crippen LogP contribution in [0, 0.1) is 0 Å². The van der Waals surface area contributed by atoms with Gasteiger partial charge in [-0.15, -0.1) is 0 Å². The molecule has 0 aromatic carbocycles. The number of ether oxygens (including phenoxy) is 2. The van der Waals surface area contributed by atoms with Gasteiger partial charge in [-0.1, -0.05) is 24.9 Å². The molecule has 11 heavy (non-hydrogen) atoms. The van der Waals surface area contributed by atoms with Crippen molar-refractivity contribution < 1.29 is 14.3 Å². The molecule has 0 saturated heterocycles. The summed E-state index contributed by atoms with van der Waals surface area (Å²) in [6, 6.07) is 0.0566. The number of hydrogen-bond acceptors (Lipinski definition) is 3. The molecule has 0 aliphatic rings. The average Bonchev–Trinajstić information content (AvgIpc) is 2.01. The highest BCUT2D eigenvalue weighted by Gasteiger charge is 1.99. The lowest BCUT2D eigenvalue weighted by atomic mass is 10.3. The third kappa shape index (κ3) is 7.62. The molecule has 0 heterocycles. The van der Waals surface area contributed by atoms with E-state index in [9.17, 15) is 4.79 Å². The van der Waals surface area contributed by atoms with Crippen LogP contribution in [-0.4, -0.2) is 18.8 Å². The summed E-state index contributed by atoms with van der Waals surface area (Å²) >= 11 is 5.18. The zero-order chi connectivity index (χ0) is 8.53. The van der Waals surface area contributed by atoms with Gasteiger partial charge in [-0.3, -0.25) is 4.79 Å². The fraction of sp³-hybridized carbons (Fsp3) is 0.857. The Labute approximate surface area is 71.6 Å². The highest BCUT2D eigenvalue weighted by molar-refractivity contribution is 6.17. The molecule has 0 rings (SSSR count). The summed E-state index contributed by atoms with van der Waals surface area (Å²) in [7, 11) is 0. The van der Waals surface area contributed by atoms with Crippen LogP contribution in [0.2, 0.25) is 0 Å². The standard InChI is InChI=1S/C7H13ClO3/c1-2-3-4-7(9)11-6-10-5-8/h2-6H2,1H3. The van der Waals surface area contributed by atoms with Gasteiger partial charge >= 0.3 is 5.97 Å². The molecule has 0 N–H and O–H groups in total. The third-order valence-corrected chi connectivity index (χ3v) is 1.27. The Morgan fingerprint density at radius 3 is 2.82 bits per heavy atom. The van der Waals surface area contributed by atoms with Crippen molar-refractivity contribution in [1.29, 1.82) is 0 Å². The Morgan fingerprint density at radius 2 is 2.27 bits per heavy atom. The Kier molecular flexibility index (Phi) is 7.62. The van der Waals surface area contributed by atoms with Crippen LogP contribution in [0.5, 0.6) is 0 Å². The second kappa shape index (κ2) is 7.82. The van der Waals surface area contributed by atoms with Gasteiger partial charge < -0.3 is 9.47 Å². The molecular weight excluding hydrogens is 168 g/mol. The molecular formula is C7H13ClO3. The molecule has 0 radical (unpaired) electrons. The van der Waals surface area contributed by atoms with E-state index >= 15 is 0 Å². The smallest absolute Gasteiger partial charge is 0.307 e. The van der Waals surface area contributed by atoms with Crippen LogP contribution in [0.1, 0.15) is 26.2 Å². The number of alkyl halides is 1. The van der Waals surface area contributed by atoms with Crippen molar-refractivity contribution >= 4 is 17.6 Å². The van der Waals surface area contributed by atoms with E-state index in [0.29, 0.717) is 6.42 Å². The molecule has 0 aromatic heterocycles. The lowest BCUT2D eigenvalue weighted by Crippen LogP contribution is -2.07. The topological polar surface area (TPSA) is 35.5 Å². The molecule has 0 amide bonds. The number of rotatable bonds is 6. The van der Waals surface area contributed by atoms with Crippen LogP contribution in [0.15, 0.2) is 0 Å². The van der Waals surface area contributed by atoms with Gasteiger partial charge in [0, 0.05) is 6.42 Å². The van der Waals surface area contributed by atoms with Crippen LogP contribution < -0.4 is 0 Å². The van der Waals surface area contributed by atoms with E-state index in [1.165, 1.54) is 0 Å². The first-order chi connectivity index (χ1) is 5.31. The van der Waals surface area contributed by atoms with Gasteiger partial charge in [0.25, 0.3) is 0 Å². The van der Waals surface area contributed by atoms with Gasteiger partial charge in [0.05, 0.1) is 0 Å². The van der Waals surface area contributed by atoms with Gasteiger partial charge in [-0.2, -0.15) is 0 Å². The summed E-state index contributed by atoms with van der Waals surface area (Å²) in [5.74, 6) is -0.225. The Hall–Kier alpha value is -0.280. The lowest BCUT2D eigenvalue weighted by Gasteiger charge is -2.02. The normalized spacial score (nSPS) is 9.64. The zero-order valence-corrected chi connectivity index (χ0v) is 7.39. The molecule has 4 heteroatoms. The second-order valence-electron chi connectivity index (χ2n) is 2.05. The van der Waals surface area contributed by atoms with Crippen molar-refractivity contribution in [2.45, 2.75) is 26.2 Å². The predicted molar refractivity (Wildman–Crippen MR) is 42.3 cm³/mol. The highest BCUT2D eigenvalue weighted by Crippen LogP contribution is 1.96. The molecule has 0 fully saturated rings. The van der Waals surface area contributed by atoms with E-state index in [4.69, 9.17) is 11.6 Å². The van der Waals surface area contributed by atoms with Gasteiger partial charge in [0.15, 0.2) is 6.79 Å². The van der Waals surface area contributed by atoms with E-state index in [0.717, 1.165) is 12.8 Å². The maximum Gasteiger partial charge on any atom is 0.307 e. The van der Waals surface area contributed by atoms with Crippen LogP contribution in [0.25, 0.3) is 0 Å². The average molecular weight is 181 g/mol. The first-order valence-electron chi connectivity index (χ1n) is 3.60. The number of unbranched alkanes of at least 4 members (excludes halogenated alkanes) is 1. The molecule has 0 bridgehead atoms. The molecule has 0 spiro atoms. The zero-order valence-electron chi connectivity index (χ0n) is 6.64. The van der Waals surface area contributed by atoms with E-state index in [2.05, 4.69) is 9.47 Å². The minimum absolute atomic E-state index is 0.0357. The molecule has 0 saturated carbocycles. The highest BCUT2D eigenvalue weighted by atomic mass is 35.5. The number of carbonyl (C=O) groups excluding carboxylic acids is 1. The predicted octanol–water partition coefficient (Wildman–Crippen LogP) is 1.89. The van der Waals surface area contributed by atoms with Gasteiger partial charge in [-0.05, 0) is 6.42 Å². The minimum Gasteiger partial charge on any atom is -0.438 e. The Morgan fingerprint density at radius 1 is 1.55 bits per heavy atom. The molecule has 0 aromatic rings. The SMILES string of the molecule is CCCCC(=O)OCOCCl. The molecule has 66 valence electrons. The van der Waals surface area contributed by atoms with E-state index in [1.54, 1.807) is 0 Å². The molecule has 0 atom stereocenters. The van der Waals surface area contributed by atoms with Crippen molar-refractivity contribution in [3.63, 3.8) is 0 Å². The van der Waals surface area contributed by atoms with E-state index in [-0.39, 0.29) is 18.8 Å². The fourth-order valence-electron chi connectivity index (χ4n) is 0.532. The first-order valence-corrected chi connectivity index (χ1v) is 4.14. The summed E-state index contributed by atoms with van der Waals surface area (Å²) in [6.07, 6.45) is 2.31. The van der Waals surface area contributed by atoms with Crippen LogP contribution >= 0.6 is 11.6 Å². The lowest BCUT2D eigenvalue weighted by molar-refractivity contribution is -0.154. The Bertz CT molecular complexity index is 106. The Balaban J connectivity index is 3.09. The largest absolute Gasteiger partial charge is 0.438 e. The van der Waals surface area contributed by atoms with Crippen molar-refractivity contribution in [3.8, 4) is 0 Å². The van der Waals surface area contributed by atoms with Crippen molar-refractivity contribution in [1.82, 2.24) is 0 Å². The van der Waals surface area contributed by atoms with Gasteiger partial charge in [0.2, 0.25) is 0 Å². The molecule has 3 nitrogen and oxygen atoms in total. The van der Waals surface area contributed by atoms with Crippen molar-refractivity contribution in [2.75, 3.05) is 12.9 Å². The third-order valence-electron chi connectivity index (χ3n) is 1.11. The minimum atomic E-state index is -0.225. The quantitative estimate of drug-likeness (QED) is 0.271. The maximum absolute atomic E-state index is 10.7. The van der Waals surface area contributed by atoms with E-state index in [1.807, 2.05) is 6.92 Å². The van der Waals surface area contributed by atoms with Crippen molar-refractivity contribution in [2.24, 2.45) is 0 Å². The molecule has 0 aliphatic heterocycles. The monoisotopic (exact) mass is 180 g/mol. The van der Waals surface area contributed by atoms with Gasteiger partial charge in [0.1, 0.15) is 6.07 Å². The molecule has 0 unspecified atom stereocenters. The summed E-state index contributed by atoms with van der Waals surface area (Å²) < 4.78 is 9.25. The number of carbonyl (C=O) groups is 1. The first kappa shape index (κ1) is 10.7. The van der Waals surface area contributed by atoms with Crippen molar-refractivity contribution in [3.05, 3.63) is 0 Å². The molecule has 0 aliphatic carbocycles. The number of hydrogen-bond donors (Lipinski definition) is 0. The summed E-state index contributed by atoms with van der Waals surface area (Å²) in [4.78, 5) is 10.7. The fourth-order valence-corrected chi connectivity index (χ4v) is 0.595. The maximum atomic E-state index is 10.7. The van der Waals surface area contributed by atoms with Crippen LogP contribution in [-0.2, 0) is 14.3 Å². The summed E-state index contributed by atoms with van der Waals surface area (Å²) in [5, 5.41) is 0. The summed E-state index contributed by atoms with van der Waals surface area (Å²) in [6.45, 7) is 1.98.